The second-order valence-corrected chi connectivity index (χ2v) is 2.68. The van der Waals surface area contributed by atoms with Crippen molar-refractivity contribution in [2.45, 2.75) is 6.54 Å². The van der Waals surface area contributed by atoms with Crippen LogP contribution in [0.15, 0.2) is 18.2 Å². The molecule has 11 heavy (non-hydrogen) atoms. The molecule has 0 spiro atoms. The van der Waals surface area contributed by atoms with E-state index in [9.17, 15) is 5.11 Å². The minimum absolute atomic E-state index is 0.250. The average Bonchev–Trinajstić information content (AvgIpc) is 1.98. The SMILES string of the molecule is C[N-]Cc1cc(Cl)ccc1O. The van der Waals surface area contributed by atoms with Crippen LogP contribution in [0.3, 0.4) is 0 Å². The summed E-state index contributed by atoms with van der Waals surface area (Å²) in [5.74, 6) is 0.250. The molecule has 60 valence electrons. The molecular weight excluding hydrogens is 162 g/mol. The van der Waals surface area contributed by atoms with Crippen LogP contribution < -0.4 is 0 Å². The second-order valence-electron chi connectivity index (χ2n) is 2.25. The average molecular weight is 171 g/mol. The predicted molar refractivity (Wildman–Crippen MR) is 46.1 cm³/mol. The Morgan fingerprint density at radius 2 is 2.27 bits per heavy atom. The van der Waals surface area contributed by atoms with Gasteiger partial charge in [0.1, 0.15) is 5.75 Å². The summed E-state index contributed by atoms with van der Waals surface area (Å²) in [7, 11) is 1.69. The summed E-state index contributed by atoms with van der Waals surface area (Å²) in [4.78, 5) is 0. The van der Waals surface area contributed by atoms with Crippen LogP contribution in [-0.4, -0.2) is 12.2 Å². The van der Waals surface area contributed by atoms with E-state index in [1.807, 2.05) is 0 Å². The molecule has 0 unspecified atom stereocenters. The number of benzene rings is 1. The first-order chi connectivity index (χ1) is 5.24. The van der Waals surface area contributed by atoms with E-state index in [2.05, 4.69) is 5.32 Å². The molecule has 1 rings (SSSR count). The van der Waals surface area contributed by atoms with Gasteiger partial charge in [0.15, 0.2) is 0 Å². The van der Waals surface area contributed by atoms with E-state index in [1.165, 1.54) is 0 Å². The van der Waals surface area contributed by atoms with E-state index >= 15 is 0 Å². The minimum atomic E-state index is 0.250. The Morgan fingerprint density at radius 1 is 1.55 bits per heavy atom. The van der Waals surface area contributed by atoms with Gasteiger partial charge in [-0.1, -0.05) is 11.6 Å². The topological polar surface area (TPSA) is 34.3 Å². The number of aromatic hydroxyl groups is 1. The van der Waals surface area contributed by atoms with Crippen molar-refractivity contribution in [3.8, 4) is 5.75 Å². The quantitative estimate of drug-likeness (QED) is 0.727. The van der Waals surface area contributed by atoms with Gasteiger partial charge in [-0.3, -0.25) is 0 Å². The number of hydrogen-bond donors (Lipinski definition) is 1. The lowest BCUT2D eigenvalue weighted by molar-refractivity contribution is 0.469. The molecule has 0 aromatic heterocycles. The molecule has 0 amide bonds. The summed E-state index contributed by atoms with van der Waals surface area (Å²) in [5, 5.41) is 13.8. The van der Waals surface area contributed by atoms with Crippen LogP contribution >= 0.6 is 11.6 Å². The fraction of sp³-hybridized carbons (Fsp3) is 0.250. The van der Waals surface area contributed by atoms with Crippen LogP contribution in [-0.2, 0) is 6.54 Å². The first kappa shape index (κ1) is 8.37. The van der Waals surface area contributed by atoms with Crippen LogP contribution in [0.4, 0.5) is 0 Å². The van der Waals surface area contributed by atoms with Crippen molar-refractivity contribution in [1.29, 1.82) is 0 Å². The molecule has 0 radical (unpaired) electrons. The predicted octanol–water partition coefficient (Wildman–Crippen LogP) is 2.55. The molecule has 0 saturated heterocycles. The number of nitrogens with zero attached hydrogens (tertiary/aromatic N) is 1. The first-order valence-corrected chi connectivity index (χ1v) is 3.65. The van der Waals surface area contributed by atoms with Gasteiger partial charge in [-0.25, -0.2) is 0 Å². The van der Waals surface area contributed by atoms with Crippen molar-refractivity contribution in [2.24, 2.45) is 0 Å². The third kappa shape index (κ3) is 2.10. The Morgan fingerprint density at radius 3 is 2.91 bits per heavy atom. The molecule has 0 atom stereocenters. The summed E-state index contributed by atoms with van der Waals surface area (Å²) in [6, 6.07) is 4.93. The Bertz CT molecular complexity index is 250. The van der Waals surface area contributed by atoms with E-state index in [4.69, 9.17) is 11.6 Å². The van der Waals surface area contributed by atoms with Gasteiger partial charge < -0.3 is 10.4 Å². The van der Waals surface area contributed by atoms with Crippen LogP contribution in [0.5, 0.6) is 5.75 Å². The van der Waals surface area contributed by atoms with Crippen LogP contribution in [0.25, 0.3) is 5.32 Å². The number of hydrogen-bond acceptors (Lipinski definition) is 1. The molecular formula is C8H9ClNO-. The van der Waals surface area contributed by atoms with E-state index in [0.29, 0.717) is 11.6 Å². The Hall–Kier alpha value is -0.730. The van der Waals surface area contributed by atoms with Gasteiger partial charge in [0.25, 0.3) is 0 Å². The van der Waals surface area contributed by atoms with Gasteiger partial charge in [0, 0.05) is 5.02 Å². The zero-order chi connectivity index (χ0) is 8.27. The maximum absolute atomic E-state index is 9.25. The van der Waals surface area contributed by atoms with Crippen LogP contribution in [0.2, 0.25) is 5.02 Å². The zero-order valence-corrected chi connectivity index (χ0v) is 6.97. The van der Waals surface area contributed by atoms with Gasteiger partial charge in [-0.2, -0.15) is 7.05 Å². The zero-order valence-electron chi connectivity index (χ0n) is 6.21. The molecule has 0 aliphatic carbocycles. The highest BCUT2D eigenvalue weighted by Crippen LogP contribution is 2.22. The number of halogens is 1. The van der Waals surface area contributed by atoms with Crippen molar-refractivity contribution in [3.63, 3.8) is 0 Å². The summed E-state index contributed by atoms with van der Waals surface area (Å²) >= 11 is 5.70. The lowest BCUT2D eigenvalue weighted by atomic mass is 10.2. The smallest absolute Gasteiger partial charge is 0.117 e. The van der Waals surface area contributed by atoms with Gasteiger partial charge in [0.2, 0.25) is 0 Å². The fourth-order valence-corrected chi connectivity index (χ4v) is 1.05. The van der Waals surface area contributed by atoms with Gasteiger partial charge in [-0.05, 0) is 23.8 Å². The lowest BCUT2D eigenvalue weighted by Crippen LogP contribution is -1.82. The number of phenols is 1. The van der Waals surface area contributed by atoms with Crippen molar-refractivity contribution in [3.05, 3.63) is 34.1 Å². The third-order valence-corrected chi connectivity index (χ3v) is 1.61. The molecule has 0 saturated carbocycles. The largest absolute Gasteiger partial charge is 0.661 e. The summed E-state index contributed by atoms with van der Waals surface area (Å²) < 4.78 is 0. The highest BCUT2D eigenvalue weighted by molar-refractivity contribution is 6.30. The monoisotopic (exact) mass is 170 g/mol. The maximum Gasteiger partial charge on any atom is 0.117 e. The second kappa shape index (κ2) is 3.60. The van der Waals surface area contributed by atoms with Crippen molar-refractivity contribution < 1.29 is 5.11 Å². The molecule has 0 aliphatic rings. The van der Waals surface area contributed by atoms with Crippen LogP contribution in [0, 0.1) is 0 Å². The summed E-state index contributed by atoms with van der Waals surface area (Å²) in [6.45, 7) is 0.506. The Balaban J connectivity index is 2.93. The first-order valence-electron chi connectivity index (χ1n) is 3.27. The summed E-state index contributed by atoms with van der Waals surface area (Å²) in [6.07, 6.45) is 0. The van der Waals surface area contributed by atoms with E-state index in [0.717, 1.165) is 5.56 Å². The third-order valence-electron chi connectivity index (χ3n) is 1.37. The van der Waals surface area contributed by atoms with Crippen molar-refractivity contribution in [2.75, 3.05) is 7.05 Å². The number of rotatable bonds is 2. The normalized spacial score (nSPS) is 10.0. The fourth-order valence-electron chi connectivity index (χ4n) is 0.851. The Labute approximate surface area is 70.8 Å². The number of phenolic OH excluding ortho intramolecular Hbond substituents is 1. The maximum atomic E-state index is 9.25. The summed E-state index contributed by atoms with van der Waals surface area (Å²) in [5.41, 5.74) is 0.764. The van der Waals surface area contributed by atoms with Gasteiger partial charge in [0.05, 0.1) is 0 Å². The Kier molecular flexibility index (Phi) is 2.74. The molecule has 1 aromatic rings. The lowest BCUT2D eigenvalue weighted by Gasteiger charge is -2.12. The molecule has 0 fully saturated rings. The van der Waals surface area contributed by atoms with Gasteiger partial charge >= 0.3 is 0 Å². The minimum Gasteiger partial charge on any atom is -0.661 e. The molecule has 0 heterocycles. The van der Waals surface area contributed by atoms with Crippen LogP contribution in [0.1, 0.15) is 5.56 Å². The van der Waals surface area contributed by atoms with Gasteiger partial charge in [-0.15, -0.1) is 6.54 Å². The highest BCUT2D eigenvalue weighted by atomic mass is 35.5. The molecule has 2 nitrogen and oxygen atoms in total. The van der Waals surface area contributed by atoms with E-state index in [1.54, 1.807) is 25.2 Å². The molecule has 1 N–H and O–H groups in total. The van der Waals surface area contributed by atoms with E-state index < -0.39 is 0 Å². The molecule has 3 heteroatoms. The van der Waals surface area contributed by atoms with Crippen molar-refractivity contribution in [1.82, 2.24) is 0 Å². The molecule has 1 aromatic carbocycles. The van der Waals surface area contributed by atoms with Crippen molar-refractivity contribution >= 4 is 11.6 Å². The standard InChI is InChI=1S/C8H9ClNO/c1-10-5-6-4-7(9)2-3-8(6)11/h2-4,11H,5H2,1H3/q-1. The molecule has 0 aliphatic heterocycles. The molecule has 0 bridgehead atoms. The van der Waals surface area contributed by atoms with E-state index in [-0.39, 0.29) is 5.75 Å². The highest BCUT2D eigenvalue weighted by Gasteiger charge is 1.95.